The number of hydrogen-bond acceptors (Lipinski definition) is 8. The Labute approximate surface area is 185 Å². The number of primary amides is 1. The van der Waals surface area contributed by atoms with E-state index in [1.54, 1.807) is 20.2 Å². The summed E-state index contributed by atoms with van der Waals surface area (Å²) in [5.41, 5.74) is 2.21. The van der Waals surface area contributed by atoms with Crippen LogP contribution in [0.25, 0.3) is 0 Å². The number of carbonyl (C=O) groups is 3. The molecular weight excluding hydrogens is 472 g/mol. The van der Waals surface area contributed by atoms with Crippen molar-refractivity contribution in [3.8, 4) is 5.75 Å². The molecule has 0 aliphatic heterocycles. The number of halogens is 1. The van der Waals surface area contributed by atoms with E-state index in [1.165, 1.54) is 11.0 Å². The Balaban J connectivity index is 1.98. The van der Waals surface area contributed by atoms with Crippen LogP contribution in [0.1, 0.15) is 22.3 Å². The normalized spacial score (nSPS) is 30.3. The number of allylic oxidation sites excluding steroid dienone is 1. The van der Waals surface area contributed by atoms with Crippen LogP contribution in [-0.2, 0) is 16.0 Å². The highest BCUT2D eigenvalue weighted by molar-refractivity contribution is 9.10. The maximum atomic E-state index is 13.3. The predicted octanol–water partition coefficient (Wildman–Crippen LogP) is 0.883. The van der Waals surface area contributed by atoms with Crippen molar-refractivity contribution in [1.29, 1.82) is 0 Å². The lowest BCUT2D eigenvalue weighted by molar-refractivity contribution is -0.148. The van der Waals surface area contributed by atoms with Crippen molar-refractivity contribution in [2.45, 2.75) is 24.5 Å². The molecular formula is C21H21BrN2O7. The quantitative estimate of drug-likeness (QED) is 0.380. The van der Waals surface area contributed by atoms with E-state index >= 15 is 0 Å². The van der Waals surface area contributed by atoms with Gasteiger partial charge in [0.2, 0.25) is 5.78 Å². The first-order chi connectivity index (χ1) is 14.4. The predicted molar refractivity (Wildman–Crippen MR) is 111 cm³/mol. The van der Waals surface area contributed by atoms with Gasteiger partial charge in [0.25, 0.3) is 5.91 Å². The van der Waals surface area contributed by atoms with Gasteiger partial charge >= 0.3 is 0 Å². The Kier molecular flexibility index (Phi) is 4.80. The summed E-state index contributed by atoms with van der Waals surface area (Å²) in [6.45, 7) is 0. The smallest absolute Gasteiger partial charge is 0.255 e. The van der Waals surface area contributed by atoms with Gasteiger partial charge in [-0.2, -0.15) is 0 Å². The summed E-state index contributed by atoms with van der Waals surface area (Å²) in [7, 11) is 3.17. The molecule has 4 atom stereocenters. The molecule has 0 saturated heterocycles. The van der Waals surface area contributed by atoms with Gasteiger partial charge in [-0.15, -0.1) is 0 Å². The number of phenolic OH excluding ortho intramolecular Hbond substituents is 1. The van der Waals surface area contributed by atoms with Gasteiger partial charge in [0.1, 0.15) is 22.8 Å². The zero-order valence-electron chi connectivity index (χ0n) is 16.7. The van der Waals surface area contributed by atoms with Crippen molar-refractivity contribution in [2.75, 3.05) is 14.1 Å². The van der Waals surface area contributed by atoms with Crippen LogP contribution in [0.4, 0.5) is 0 Å². The molecule has 0 fully saturated rings. The number of nitrogens with zero attached hydrogens (tertiary/aromatic N) is 1. The monoisotopic (exact) mass is 492 g/mol. The third kappa shape index (κ3) is 2.71. The van der Waals surface area contributed by atoms with E-state index in [9.17, 15) is 34.8 Å². The molecule has 0 bridgehead atoms. The molecule has 0 spiro atoms. The number of fused-ring (bicyclic) bond motifs is 3. The number of likely N-dealkylation sites (N-methyl/N-ethyl adjacent to an activating group) is 1. The van der Waals surface area contributed by atoms with Crippen LogP contribution in [0.5, 0.6) is 5.75 Å². The molecule has 9 nitrogen and oxygen atoms in total. The van der Waals surface area contributed by atoms with Crippen LogP contribution in [0, 0.1) is 11.8 Å². The summed E-state index contributed by atoms with van der Waals surface area (Å²) >= 11 is 3.38. The molecule has 0 radical (unpaired) electrons. The first-order valence-corrected chi connectivity index (χ1v) is 10.4. The third-order valence-electron chi connectivity index (χ3n) is 6.55. The van der Waals surface area contributed by atoms with Crippen LogP contribution in [0.3, 0.4) is 0 Å². The van der Waals surface area contributed by atoms with Gasteiger partial charge in [-0.1, -0.05) is 15.9 Å². The van der Waals surface area contributed by atoms with Crippen molar-refractivity contribution < 1.29 is 34.8 Å². The Morgan fingerprint density at radius 2 is 1.87 bits per heavy atom. The van der Waals surface area contributed by atoms with E-state index < -0.39 is 58.0 Å². The van der Waals surface area contributed by atoms with Crippen molar-refractivity contribution in [3.63, 3.8) is 0 Å². The lowest BCUT2D eigenvalue weighted by atomic mass is 9.58. The first-order valence-electron chi connectivity index (χ1n) is 9.58. The number of aliphatic hydroxyl groups is 3. The number of hydrogen-bond donors (Lipinski definition) is 5. The molecule has 1 aromatic carbocycles. The molecule has 3 aliphatic carbocycles. The number of aliphatic hydroxyl groups excluding tert-OH is 2. The molecule has 164 valence electrons. The Bertz CT molecular complexity index is 1120. The Hall–Kier alpha value is -2.69. The SMILES string of the molecule is CN(C)[C@H]1C(O)=C(C(N)=O)C(=O)[C@]2(O)C(O)=C3C(=O)c4c(O)ccc(Br)c4C[C@@H]3C[C@H]12. The van der Waals surface area contributed by atoms with E-state index in [-0.39, 0.29) is 29.7 Å². The van der Waals surface area contributed by atoms with Crippen molar-refractivity contribution in [3.05, 3.63) is 50.4 Å². The van der Waals surface area contributed by atoms with Gasteiger partial charge in [0.15, 0.2) is 11.4 Å². The van der Waals surface area contributed by atoms with E-state index in [0.717, 1.165) is 0 Å². The van der Waals surface area contributed by atoms with Gasteiger partial charge in [0, 0.05) is 16.0 Å². The van der Waals surface area contributed by atoms with Crippen molar-refractivity contribution >= 4 is 33.4 Å². The molecule has 0 aromatic heterocycles. The third-order valence-corrected chi connectivity index (χ3v) is 7.29. The fourth-order valence-electron chi connectivity index (χ4n) is 5.21. The molecule has 1 amide bonds. The van der Waals surface area contributed by atoms with Crippen LogP contribution in [0.15, 0.2) is 39.3 Å². The Morgan fingerprint density at radius 1 is 1.23 bits per heavy atom. The van der Waals surface area contributed by atoms with Gasteiger partial charge < -0.3 is 26.2 Å². The summed E-state index contributed by atoms with van der Waals surface area (Å²) in [6, 6.07) is 1.94. The minimum Gasteiger partial charge on any atom is -0.510 e. The molecule has 31 heavy (non-hydrogen) atoms. The summed E-state index contributed by atoms with van der Waals surface area (Å²) in [5.74, 6) is -6.56. The molecule has 4 rings (SSSR count). The summed E-state index contributed by atoms with van der Waals surface area (Å²) in [5, 5.41) is 43.5. The zero-order chi connectivity index (χ0) is 23.0. The topological polar surface area (TPSA) is 161 Å². The molecule has 1 aromatic rings. The number of nitrogens with two attached hydrogens (primary N) is 1. The maximum absolute atomic E-state index is 13.3. The molecule has 0 unspecified atom stereocenters. The number of ketones is 2. The van der Waals surface area contributed by atoms with E-state index in [2.05, 4.69) is 15.9 Å². The van der Waals surface area contributed by atoms with E-state index in [0.29, 0.717) is 10.0 Å². The van der Waals surface area contributed by atoms with Crippen LogP contribution in [0.2, 0.25) is 0 Å². The standard InChI is InChI=1S/C21H21BrN2O7/c1-24(2)15-9-6-7-5-8-10(22)3-4-11(25)13(8)16(26)12(7)18(28)21(9,31)19(29)14(17(15)27)20(23)30/h3-4,7,9,15,25,27-28,31H,5-6H2,1-2H3,(H2,23,30)/t7-,9-,15-,21-/m1/s1. The van der Waals surface area contributed by atoms with Gasteiger partial charge in [-0.3, -0.25) is 19.3 Å². The lowest BCUT2D eigenvalue weighted by Crippen LogP contribution is -2.63. The van der Waals surface area contributed by atoms with Crippen molar-refractivity contribution in [1.82, 2.24) is 4.90 Å². The number of aromatic hydroxyl groups is 1. The number of phenols is 1. The minimum atomic E-state index is -2.62. The number of Topliss-reactive ketones (excluding diaryl/α,β-unsaturated/α-hetero) is 2. The molecule has 0 saturated carbocycles. The van der Waals surface area contributed by atoms with E-state index in [4.69, 9.17) is 5.73 Å². The number of benzene rings is 1. The van der Waals surface area contributed by atoms with Crippen LogP contribution >= 0.6 is 15.9 Å². The maximum Gasteiger partial charge on any atom is 0.255 e. The molecule has 10 heteroatoms. The highest BCUT2D eigenvalue weighted by atomic mass is 79.9. The summed E-state index contributed by atoms with van der Waals surface area (Å²) in [6.07, 6.45) is 0.317. The highest BCUT2D eigenvalue weighted by Gasteiger charge is 2.63. The second kappa shape index (κ2) is 6.91. The number of amides is 1. The molecule has 3 aliphatic rings. The molecule has 6 N–H and O–H groups in total. The molecule has 0 heterocycles. The number of rotatable bonds is 2. The second-order valence-corrected chi connectivity index (χ2v) is 9.24. The average Bonchev–Trinajstić information content (AvgIpc) is 2.67. The van der Waals surface area contributed by atoms with Crippen molar-refractivity contribution in [2.24, 2.45) is 17.6 Å². The second-order valence-electron chi connectivity index (χ2n) is 8.38. The lowest BCUT2D eigenvalue weighted by Gasteiger charge is -2.50. The average molecular weight is 493 g/mol. The fraction of sp³-hybridized carbons (Fsp3) is 0.381. The zero-order valence-corrected chi connectivity index (χ0v) is 18.3. The first kappa shape index (κ1) is 21.5. The number of carbonyl (C=O) groups excluding carboxylic acids is 3. The van der Waals surface area contributed by atoms with E-state index in [1.807, 2.05) is 0 Å². The van der Waals surface area contributed by atoms with Gasteiger partial charge in [0.05, 0.1) is 11.6 Å². The summed E-state index contributed by atoms with van der Waals surface area (Å²) in [4.78, 5) is 39.8. The van der Waals surface area contributed by atoms with Gasteiger partial charge in [-0.05, 0) is 50.6 Å². The fourth-order valence-corrected chi connectivity index (χ4v) is 5.71. The highest BCUT2D eigenvalue weighted by Crippen LogP contribution is 2.52. The Morgan fingerprint density at radius 3 is 2.45 bits per heavy atom. The largest absolute Gasteiger partial charge is 0.510 e. The van der Waals surface area contributed by atoms with Crippen LogP contribution in [-0.4, -0.2) is 68.5 Å². The van der Waals surface area contributed by atoms with Crippen LogP contribution < -0.4 is 5.73 Å². The van der Waals surface area contributed by atoms with Gasteiger partial charge in [-0.25, -0.2) is 0 Å². The minimum absolute atomic E-state index is 0.0184. The summed E-state index contributed by atoms with van der Waals surface area (Å²) < 4.78 is 0.607.